The van der Waals surface area contributed by atoms with Gasteiger partial charge in [0.25, 0.3) is 5.91 Å². The Balaban J connectivity index is 1.38. The van der Waals surface area contributed by atoms with Crippen LogP contribution in [0.2, 0.25) is 0 Å². The Labute approximate surface area is 207 Å². The summed E-state index contributed by atoms with van der Waals surface area (Å²) in [4.78, 5) is 24.7. The molecule has 0 spiro atoms. The molecule has 1 amide bonds. The van der Waals surface area contributed by atoms with E-state index in [-0.39, 0.29) is 5.91 Å². The van der Waals surface area contributed by atoms with Crippen molar-refractivity contribution < 1.29 is 4.79 Å². The summed E-state index contributed by atoms with van der Waals surface area (Å²) < 4.78 is 1.87. The summed E-state index contributed by atoms with van der Waals surface area (Å²) >= 11 is 0. The fourth-order valence-electron chi connectivity index (χ4n) is 4.87. The number of hydrogen-bond acceptors (Lipinski definition) is 5. The molecule has 3 aliphatic heterocycles. The molecular formula is C28H34N6O. The Morgan fingerprint density at radius 3 is 2.60 bits per heavy atom. The van der Waals surface area contributed by atoms with E-state index >= 15 is 0 Å². The van der Waals surface area contributed by atoms with Gasteiger partial charge >= 0.3 is 0 Å². The average Bonchev–Trinajstić information content (AvgIpc) is 3.29. The largest absolute Gasteiger partial charge is 0.368 e. The van der Waals surface area contributed by atoms with Crippen molar-refractivity contribution in [3.8, 4) is 0 Å². The van der Waals surface area contributed by atoms with Crippen molar-refractivity contribution in [1.82, 2.24) is 29.3 Å². The molecule has 7 nitrogen and oxygen atoms in total. The van der Waals surface area contributed by atoms with E-state index in [0.717, 1.165) is 72.2 Å². The summed E-state index contributed by atoms with van der Waals surface area (Å²) in [5.41, 5.74) is 6.45. The number of hydrogen-bond donors (Lipinski definition) is 0. The molecule has 5 heterocycles. The lowest BCUT2D eigenvalue weighted by Crippen LogP contribution is -2.46. The van der Waals surface area contributed by atoms with E-state index in [1.54, 1.807) is 11.0 Å². The summed E-state index contributed by atoms with van der Waals surface area (Å²) in [6, 6.07) is 2.02. The second-order valence-electron chi connectivity index (χ2n) is 9.37. The van der Waals surface area contributed by atoms with Gasteiger partial charge in [0.05, 0.1) is 34.5 Å². The van der Waals surface area contributed by atoms with Crippen molar-refractivity contribution in [2.45, 2.75) is 40.0 Å². The number of carbonyl (C=O) groups is 1. The van der Waals surface area contributed by atoms with Gasteiger partial charge in [-0.25, -0.2) is 4.52 Å². The molecule has 0 atom stereocenters. The minimum Gasteiger partial charge on any atom is -0.368 e. The van der Waals surface area contributed by atoms with Crippen LogP contribution in [0.5, 0.6) is 0 Å². The second kappa shape index (κ2) is 10.0. The third-order valence-electron chi connectivity index (χ3n) is 6.87. The van der Waals surface area contributed by atoms with E-state index in [0.29, 0.717) is 0 Å². The first-order valence-corrected chi connectivity index (χ1v) is 12.7. The van der Waals surface area contributed by atoms with Crippen LogP contribution < -0.4 is 0 Å². The minimum atomic E-state index is -0.0684. The Kier molecular flexibility index (Phi) is 6.68. The van der Waals surface area contributed by atoms with Crippen LogP contribution in [0.4, 0.5) is 0 Å². The third kappa shape index (κ3) is 4.86. The lowest BCUT2D eigenvalue weighted by molar-refractivity contribution is -0.122. The topological polar surface area (TPSA) is 57.0 Å². The van der Waals surface area contributed by atoms with Crippen molar-refractivity contribution in [2.24, 2.45) is 0 Å². The van der Waals surface area contributed by atoms with E-state index in [9.17, 15) is 4.79 Å². The van der Waals surface area contributed by atoms with Gasteiger partial charge in [0.1, 0.15) is 0 Å². The number of fused-ring (bicyclic) bond motifs is 2. The zero-order valence-electron chi connectivity index (χ0n) is 20.9. The highest BCUT2D eigenvalue weighted by molar-refractivity contribution is 5.99. The molecule has 1 saturated heterocycles. The average molecular weight is 471 g/mol. The molecule has 0 bridgehead atoms. The monoisotopic (exact) mass is 470 g/mol. The van der Waals surface area contributed by atoms with Gasteiger partial charge < -0.3 is 4.90 Å². The normalized spacial score (nSPS) is 21.2. The highest BCUT2D eigenvalue weighted by Crippen LogP contribution is 2.26. The van der Waals surface area contributed by atoms with Gasteiger partial charge in [0.2, 0.25) is 0 Å². The van der Waals surface area contributed by atoms with Crippen molar-refractivity contribution in [3.63, 3.8) is 0 Å². The first kappa shape index (κ1) is 23.3. The van der Waals surface area contributed by atoms with Gasteiger partial charge in [-0.3, -0.25) is 19.6 Å². The molecule has 7 heteroatoms. The molecule has 0 N–H and O–H groups in total. The van der Waals surface area contributed by atoms with Gasteiger partial charge in [-0.05, 0) is 50.6 Å². The highest BCUT2D eigenvalue weighted by Gasteiger charge is 2.23. The Morgan fingerprint density at radius 2 is 1.83 bits per heavy atom. The maximum Gasteiger partial charge on any atom is 0.255 e. The van der Waals surface area contributed by atoms with Crippen LogP contribution in [0.25, 0.3) is 11.1 Å². The summed E-state index contributed by atoms with van der Waals surface area (Å²) in [6.45, 7) is 11.6. The zero-order chi connectivity index (χ0) is 24.4. The lowest BCUT2D eigenvalue weighted by atomic mass is 10.1. The molecule has 35 heavy (non-hydrogen) atoms. The van der Waals surface area contributed by atoms with Crippen molar-refractivity contribution >= 4 is 17.0 Å². The smallest absolute Gasteiger partial charge is 0.255 e. The molecule has 5 rings (SSSR count). The zero-order valence-corrected chi connectivity index (χ0v) is 20.9. The second-order valence-corrected chi connectivity index (χ2v) is 9.37. The molecule has 0 unspecified atom stereocenters. The van der Waals surface area contributed by atoms with E-state index < -0.39 is 0 Å². The van der Waals surface area contributed by atoms with E-state index in [1.165, 1.54) is 19.4 Å². The van der Waals surface area contributed by atoms with Crippen LogP contribution in [-0.2, 0) is 11.2 Å². The van der Waals surface area contributed by atoms with Gasteiger partial charge in [0.15, 0.2) is 0 Å². The number of amides is 1. The van der Waals surface area contributed by atoms with E-state index in [2.05, 4.69) is 34.7 Å². The molecule has 0 saturated carbocycles. The maximum atomic E-state index is 13.4. The SMILES string of the molecule is CCCCN1CCN(C2=CN3C(=O)/C=C(c4cc5c(CC)nc(C)cn5n4)\C=C\C=C3C=C2)CC1. The third-order valence-corrected chi connectivity index (χ3v) is 6.87. The molecule has 182 valence electrons. The standard InChI is InChI=1S/C28H34N6O/c1-4-6-12-31-13-15-32(16-14-31)24-11-10-23-9-7-8-22(17-28(35)33(23)20-24)26-18-27-25(5-2)29-21(3)19-34(27)30-26/h7-11,17-20H,4-6,12-16H2,1-3H3/b8-7+,22-17+,23-9?. The number of rotatable bonds is 6. The summed E-state index contributed by atoms with van der Waals surface area (Å²) in [6.07, 6.45) is 19.0. The number of aryl methyl sites for hydroxylation is 2. The quantitative estimate of drug-likeness (QED) is 0.636. The fraction of sp³-hybridized carbons (Fsp3) is 0.393. The van der Waals surface area contributed by atoms with E-state index in [1.807, 2.05) is 54.2 Å². The van der Waals surface area contributed by atoms with Crippen LogP contribution >= 0.6 is 0 Å². The summed E-state index contributed by atoms with van der Waals surface area (Å²) in [7, 11) is 0. The van der Waals surface area contributed by atoms with Gasteiger partial charge in [-0.2, -0.15) is 5.10 Å². The molecule has 0 aromatic carbocycles. The van der Waals surface area contributed by atoms with E-state index in [4.69, 9.17) is 5.10 Å². The number of unbranched alkanes of at least 4 members (excludes halogenated alkanes) is 1. The molecule has 0 radical (unpaired) electrons. The molecular weight excluding hydrogens is 436 g/mol. The van der Waals surface area contributed by atoms with Crippen LogP contribution in [0.15, 0.2) is 66.3 Å². The number of nitrogens with zero attached hydrogens (tertiary/aromatic N) is 6. The molecule has 1 fully saturated rings. The van der Waals surface area contributed by atoms with Crippen LogP contribution in [0.3, 0.4) is 0 Å². The number of piperazine rings is 1. The predicted octanol–water partition coefficient (Wildman–Crippen LogP) is 4.09. The molecule has 2 aromatic heterocycles. The summed E-state index contributed by atoms with van der Waals surface area (Å²) in [5.74, 6) is -0.0684. The Morgan fingerprint density at radius 1 is 1.03 bits per heavy atom. The first-order valence-electron chi connectivity index (χ1n) is 12.7. The lowest BCUT2D eigenvalue weighted by Gasteiger charge is -2.38. The Bertz CT molecular complexity index is 1270. The fourth-order valence-corrected chi connectivity index (χ4v) is 4.87. The molecule has 3 aliphatic rings. The van der Waals surface area contributed by atoms with Crippen LogP contribution in [0, 0.1) is 6.92 Å². The van der Waals surface area contributed by atoms with Crippen LogP contribution in [0.1, 0.15) is 43.8 Å². The Hall–Kier alpha value is -3.45. The number of aromatic nitrogens is 3. The first-order chi connectivity index (χ1) is 17.1. The number of carbonyl (C=O) groups excluding carboxylic acids is 1. The summed E-state index contributed by atoms with van der Waals surface area (Å²) in [5, 5.41) is 4.76. The van der Waals surface area contributed by atoms with Crippen molar-refractivity contribution in [1.29, 1.82) is 0 Å². The predicted molar refractivity (Wildman–Crippen MR) is 139 cm³/mol. The highest BCUT2D eigenvalue weighted by atomic mass is 16.2. The van der Waals surface area contributed by atoms with Crippen molar-refractivity contribution in [2.75, 3.05) is 32.7 Å². The van der Waals surface area contributed by atoms with Gasteiger partial charge in [0, 0.05) is 49.7 Å². The number of allylic oxidation sites excluding steroid dienone is 6. The molecule has 2 aromatic rings. The van der Waals surface area contributed by atoms with Gasteiger partial charge in [-0.1, -0.05) is 32.4 Å². The molecule has 0 aliphatic carbocycles. The van der Waals surface area contributed by atoms with Crippen LogP contribution in [-0.4, -0.2) is 67.9 Å². The minimum absolute atomic E-state index is 0.0684. The van der Waals surface area contributed by atoms with Crippen molar-refractivity contribution in [3.05, 3.63) is 83.4 Å². The maximum absolute atomic E-state index is 13.4. The van der Waals surface area contributed by atoms with Gasteiger partial charge in [-0.15, -0.1) is 0 Å².